The van der Waals surface area contributed by atoms with E-state index in [2.05, 4.69) is 147 Å². The molecule has 2 unspecified atom stereocenters. The van der Waals surface area contributed by atoms with E-state index in [0.29, 0.717) is 5.92 Å². The minimum atomic E-state index is -0.116. The first-order chi connectivity index (χ1) is 17.0. The number of benzene rings is 2. The van der Waals surface area contributed by atoms with E-state index < -0.39 is 0 Å². The fraction of sp³-hybridized carbons (Fsp3) is 0.636. The van der Waals surface area contributed by atoms with Crippen molar-refractivity contribution in [3.8, 4) is 0 Å². The number of rotatable bonds is 8. The van der Waals surface area contributed by atoms with Gasteiger partial charge in [0.25, 0.3) is 0 Å². The zero-order valence-electron chi connectivity index (χ0n) is 25.3. The van der Waals surface area contributed by atoms with Gasteiger partial charge >= 0.3 is 0 Å². The van der Waals surface area contributed by atoms with E-state index >= 15 is 0 Å². The standard InChI is InChI=1S/C33H52N2O2/c1-25(27-18-14-12-15-19-27)36-35-32(8,9)23-26(24-33(35,10)11)22-29(28-20-16-13-17-21-28)37-34(30(2,3)4)31(5,6)7/h12-21,25-26,29H,22-24H2,1-11H3. The van der Waals surface area contributed by atoms with Crippen LogP contribution in [0.4, 0.5) is 0 Å². The molecule has 206 valence electrons. The smallest absolute Gasteiger partial charge is 0.105 e. The third-order valence-electron chi connectivity index (χ3n) is 7.38. The quantitative estimate of drug-likeness (QED) is 0.332. The third-order valence-corrected chi connectivity index (χ3v) is 7.38. The Balaban J connectivity index is 1.83. The average molecular weight is 509 g/mol. The second-order valence-corrected chi connectivity index (χ2v) is 14.2. The van der Waals surface area contributed by atoms with E-state index in [9.17, 15) is 0 Å². The summed E-state index contributed by atoms with van der Waals surface area (Å²) in [6, 6.07) is 21.3. The predicted octanol–water partition coefficient (Wildman–Crippen LogP) is 8.91. The van der Waals surface area contributed by atoms with Crippen molar-refractivity contribution in [1.29, 1.82) is 0 Å². The van der Waals surface area contributed by atoms with Gasteiger partial charge in [0.15, 0.2) is 0 Å². The van der Waals surface area contributed by atoms with Gasteiger partial charge in [0, 0.05) is 22.2 Å². The van der Waals surface area contributed by atoms with Crippen LogP contribution in [0.25, 0.3) is 0 Å². The fourth-order valence-corrected chi connectivity index (χ4v) is 6.53. The first-order valence-corrected chi connectivity index (χ1v) is 14.0. The Morgan fingerprint density at radius 1 is 0.784 bits per heavy atom. The summed E-state index contributed by atoms with van der Waals surface area (Å²) < 4.78 is 0. The first-order valence-electron chi connectivity index (χ1n) is 14.0. The van der Waals surface area contributed by atoms with Gasteiger partial charge in [-0.15, -0.1) is 0 Å². The van der Waals surface area contributed by atoms with Crippen molar-refractivity contribution in [3.63, 3.8) is 0 Å². The Bertz CT molecular complexity index is 941. The van der Waals surface area contributed by atoms with Gasteiger partial charge < -0.3 is 0 Å². The second-order valence-electron chi connectivity index (χ2n) is 14.2. The molecule has 0 N–H and O–H groups in total. The molecule has 0 saturated carbocycles. The summed E-state index contributed by atoms with van der Waals surface area (Å²) in [6.07, 6.45) is 3.07. The van der Waals surface area contributed by atoms with Gasteiger partial charge in [-0.2, -0.15) is 10.1 Å². The molecule has 1 aliphatic heterocycles. The minimum absolute atomic E-state index is 0.00355. The summed E-state index contributed by atoms with van der Waals surface area (Å²) in [5, 5.41) is 4.48. The molecule has 1 aliphatic rings. The molecule has 1 fully saturated rings. The Labute approximate surface area is 227 Å². The highest BCUT2D eigenvalue weighted by atomic mass is 16.7. The van der Waals surface area contributed by atoms with Crippen LogP contribution in [0.5, 0.6) is 0 Å². The normalized spacial score (nSPS) is 20.6. The molecule has 0 spiro atoms. The molecule has 0 radical (unpaired) electrons. The molecule has 4 heteroatoms. The van der Waals surface area contributed by atoms with E-state index in [0.717, 1.165) is 19.3 Å². The van der Waals surface area contributed by atoms with E-state index in [-0.39, 0.29) is 34.4 Å². The van der Waals surface area contributed by atoms with Gasteiger partial charge in [-0.05, 0) is 112 Å². The van der Waals surface area contributed by atoms with Gasteiger partial charge in [0.2, 0.25) is 0 Å². The van der Waals surface area contributed by atoms with Gasteiger partial charge in [-0.1, -0.05) is 60.7 Å². The average Bonchev–Trinajstić information content (AvgIpc) is 2.78. The maximum atomic E-state index is 6.94. The highest BCUT2D eigenvalue weighted by Crippen LogP contribution is 2.46. The van der Waals surface area contributed by atoms with Gasteiger partial charge in [0.05, 0.1) is 0 Å². The van der Waals surface area contributed by atoms with Crippen molar-refractivity contribution in [1.82, 2.24) is 10.1 Å². The largest absolute Gasteiger partial charge is 0.290 e. The van der Waals surface area contributed by atoms with Crippen molar-refractivity contribution < 1.29 is 9.68 Å². The number of hydroxylamine groups is 4. The van der Waals surface area contributed by atoms with Crippen LogP contribution < -0.4 is 0 Å². The van der Waals surface area contributed by atoms with Crippen LogP contribution in [0.1, 0.15) is 119 Å². The first kappa shape index (κ1) is 29.8. The highest BCUT2D eigenvalue weighted by Gasteiger charge is 2.48. The molecule has 0 aromatic heterocycles. The lowest BCUT2D eigenvalue weighted by molar-refractivity contribution is -0.316. The topological polar surface area (TPSA) is 24.9 Å². The van der Waals surface area contributed by atoms with Gasteiger partial charge in [0.1, 0.15) is 12.2 Å². The van der Waals surface area contributed by atoms with E-state index in [4.69, 9.17) is 9.68 Å². The lowest BCUT2D eigenvalue weighted by Crippen LogP contribution is -2.60. The maximum Gasteiger partial charge on any atom is 0.105 e. The van der Waals surface area contributed by atoms with Crippen molar-refractivity contribution in [2.75, 3.05) is 0 Å². The summed E-state index contributed by atoms with van der Waals surface area (Å²) in [4.78, 5) is 13.6. The summed E-state index contributed by atoms with van der Waals surface area (Å²) in [6.45, 7) is 24.9. The predicted molar refractivity (Wildman–Crippen MR) is 155 cm³/mol. The molecule has 4 nitrogen and oxygen atoms in total. The summed E-state index contributed by atoms with van der Waals surface area (Å²) in [5.74, 6) is 0.504. The zero-order valence-corrected chi connectivity index (χ0v) is 25.3. The molecule has 1 saturated heterocycles. The van der Waals surface area contributed by atoms with E-state index in [1.807, 2.05) is 0 Å². The van der Waals surface area contributed by atoms with Crippen molar-refractivity contribution in [2.45, 2.75) is 130 Å². The molecule has 37 heavy (non-hydrogen) atoms. The lowest BCUT2D eigenvalue weighted by atomic mass is 9.73. The van der Waals surface area contributed by atoms with Crippen LogP contribution in [0.3, 0.4) is 0 Å². The molecule has 2 aromatic rings. The number of hydrogen-bond acceptors (Lipinski definition) is 4. The summed E-state index contributed by atoms with van der Waals surface area (Å²) in [5.41, 5.74) is 2.00. The van der Waals surface area contributed by atoms with Crippen molar-refractivity contribution in [3.05, 3.63) is 71.8 Å². The molecule has 2 atom stereocenters. The molecule has 3 rings (SSSR count). The number of piperidine rings is 1. The van der Waals surface area contributed by atoms with Crippen LogP contribution in [-0.4, -0.2) is 32.3 Å². The van der Waals surface area contributed by atoms with Crippen molar-refractivity contribution in [2.24, 2.45) is 5.92 Å². The Hall–Kier alpha value is -1.72. The van der Waals surface area contributed by atoms with E-state index in [1.54, 1.807) is 0 Å². The Morgan fingerprint density at radius 3 is 1.65 bits per heavy atom. The Morgan fingerprint density at radius 2 is 1.22 bits per heavy atom. The maximum absolute atomic E-state index is 6.94. The third kappa shape index (κ3) is 7.66. The van der Waals surface area contributed by atoms with Gasteiger partial charge in [-0.3, -0.25) is 9.68 Å². The van der Waals surface area contributed by atoms with Crippen molar-refractivity contribution >= 4 is 0 Å². The number of hydrogen-bond donors (Lipinski definition) is 0. The molecule has 0 bridgehead atoms. The van der Waals surface area contributed by atoms with Crippen LogP contribution >= 0.6 is 0 Å². The van der Waals surface area contributed by atoms with Crippen LogP contribution in [0, 0.1) is 5.92 Å². The Kier molecular flexibility index (Phi) is 9.01. The monoisotopic (exact) mass is 508 g/mol. The van der Waals surface area contributed by atoms with Crippen LogP contribution in [0.2, 0.25) is 0 Å². The number of nitrogens with zero attached hydrogens (tertiary/aromatic N) is 2. The minimum Gasteiger partial charge on any atom is -0.290 e. The van der Waals surface area contributed by atoms with Crippen LogP contribution in [-0.2, 0) is 9.68 Å². The molecule has 0 aliphatic carbocycles. The summed E-state index contributed by atoms with van der Waals surface area (Å²) in [7, 11) is 0. The molecular formula is C33H52N2O2. The molecule has 1 heterocycles. The zero-order chi connectivity index (χ0) is 27.6. The molecular weight excluding hydrogens is 456 g/mol. The molecule has 0 amide bonds. The van der Waals surface area contributed by atoms with Crippen LogP contribution in [0.15, 0.2) is 60.7 Å². The van der Waals surface area contributed by atoms with E-state index in [1.165, 1.54) is 11.1 Å². The highest BCUT2D eigenvalue weighted by molar-refractivity contribution is 5.19. The SMILES string of the molecule is CC(ON1C(C)(C)CC(CC(ON(C(C)(C)C)C(C)(C)C)c2ccccc2)CC1(C)C)c1ccccc1. The second kappa shape index (κ2) is 11.2. The molecule has 2 aromatic carbocycles. The summed E-state index contributed by atoms with van der Waals surface area (Å²) >= 11 is 0. The van der Waals surface area contributed by atoms with Gasteiger partial charge in [-0.25, -0.2) is 0 Å². The fourth-order valence-electron chi connectivity index (χ4n) is 6.53. The lowest BCUT2D eigenvalue weighted by Gasteiger charge is -2.55.